The standard InChI is InChI=1S/C35H44N4O9S/c1-38(24-29-8-4-2-5-9-29,25-30-10-14-32(15-11-30)36(42)43)20-22-46-35(41)48-28-47-34(40)27-49-23-21-39(18-6-3-7-19-39)26-31-12-16-33(17-13-31)37(44)45/h2,4-5,8-17H,3,6-7,18-28H2,1H3/q+2. The molecule has 3 aromatic carbocycles. The largest absolute Gasteiger partial charge is 0.511 e. The summed E-state index contributed by atoms with van der Waals surface area (Å²) >= 11 is 1.46. The molecule has 0 saturated carbocycles. The van der Waals surface area contributed by atoms with Crippen LogP contribution < -0.4 is 0 Å². The van der Waals surface area contributed by atoms with Crippen molar-refractivity contribution in [1.82, 2.24) is 0 Å². The fraction of sp³-hybridized carbons (Fsp3) is 0.429. The topological polar surface area (TPSA) is 148 Å². The van der Waals surface area contributed by atoms with Crippen molar-refractivity contribution in [3.05, 3.63) is 116 Å². The van der Waals surface area contributed by atoms with Crippen LogP contribution in [0.5, 0.6) is 0 Å². The van der Waals surface area contributed by atoms with Crippen LogP contribution in [-0.2, 0) is 38.6 Å². The number of carbonyl (C=O) groups excluding carboxylic acids is 2. The zero-order valence-electron chi connectivity index (χ0n) is 27.8. The number of esters is 1. The number of carbonyl (C=O) groups is 2. The van der Waals surface area contributed by atoms with Crippen LogP contribution >= 0.6 is 11.8 Å². The zero-order valence-corrected chi connectivity index (χ0v) is 28.6. The average molecular weight is 697 g/mol. The van der Waals surface area contributed by atoms with Crippen molar-refractivity contribution >= 4 is 35.3 Å². The molecule has 1 saturated heterocycles. The van der Waals surface area contributed by atoms with E-state index in [0.717, 1.165) is 65.9 Å². The molecule has 0 bridgehead atoms. The van der Waals surface area contributed by atoms with Gasteiger partial charge in [0.25, 0.3) is 11.4 Å². The molecule has 1 atom stereocenters. The van der Waals surface area contributed by atoms with E-state index in [4.69, 9.17) is 14.2 Å². The number of nitro benzene ring substituents is 2. The Labute approximate surface area is 290 Å². The summed E-state index contributed by atoms with van der Waals surface area (Å²) in [5.41, 5.74) is 3.17. The Bertz CT molecular complexity index is 1530. The molecule has 4 rings (SSSR count). The van der Waals surface area contributed by atoms with E-state index < -0.39 is 28.8 Å². The highest BCUT2D eigenvalue weighted by Gasteiger charge is 2.30. The summed E-state index contributed by atoms with van der Waals surface area (Å²) in [5, 5.41) is 22.1. The van der Waals surface area contributed by atoms with Gasteiger partial charge in [-0.15, -0.1) is 11.8 Å². The smallest absolute Gasteiger partial charge is 0.428 e. The first-order chi connectivity index (χ1) is 23.5. The Morgan fingerprint density at radius 1 is 0.776 bits per heavy atom. The van der Waals surface area contributed by atoms with E-state index >= 15 is 0 Å². The van der Waals surface area contributed by atoms with Gasteiger partial charge in [-0.2, -0.15) is 0 Å². The highest BCUT2D eigenvalue weighted by atomic mass is 32.2. The van der Waals surface area contributed by atoms with Gasteiger partial charge in [-0.25, -0.2) is 4.79 Å². The molecule has 0 N–H and O–H groups in total. The first-order valence-corrected chi connectivity index (χ1v) is 17.4. The van der Waals surface area contributed by atoms with E-state index in [9.17, 15) is 29.8 Å². The molecule has 1 fully saturated rings. The van der Waals surface area contributed by atoms with Gasteiger partial charge in [0, 0.05) is 46.7 Å². The van der Waals surface area contributed by atoms with E-state index in [-0.39, 0.29) is 23.7 Å². The Morgan fingerprint density at radius 3 is 1.94 bits per heavy atom. The van der Waals surface area contributed by atoms with E-state index in [0.29, 0.717) is 24.1 Å². The summed E-state index contributed by atoms with van der Waals surface area (Å²) in [7, 11) is 2.02. The van der Waals surface area contributed by atoms with Gasteiger partial charge in [0.1, 0.15) is 32.8 Å². The van der Waals surface area contributed by atoms with Gasteiger partial charge >= 0.3 is 12.1 Å². The maximum atomic E-state index is 12.3. The molecule has 49 heavy (non-hydrogen) atoms. The maximum Gasteiger partial charge on any atom is 0.511 e. The number of nitro groups is 2. The third-order valence-corrected chi connectivity index (χ3v) is 9.64. The van der Waals surface area contributed by atoms with Crippen molar-refractivity contribution in [2.75, 3.05) is 58.1 Å². The first-order valence-electron chi connectivity index (χ1n) is 16.3. The number of likely N-dealkylation sites (N-methyl/N-ethyl adjacent to an activating group) is 1. The molecular formula is C35H44N4O9S+2. The van der Waals surface area contributed by atoms with Crippen LogP contribution in [0.4, 0.5) is 16.2 Å². The number of thioether (sulfide) groups is 1. The van der Waals surface area contributed by atoms with Crippen molar-refractivity contribution in [3.8, 4) is 0 Å². The predicted octanol–water partition coefficient (Wildman–Crippen LogP) is 6.24. The fourth-order valence-electron chi connectivity index (χ4n) is 6.15. The van der Waals surface area contributed by atoms with Crippen molar-refractivity contribution < 1.29 is 42.6 Å². The summed E-state index contributed by atoms with van der Waals surface area (Å²) in [6, 6.07) is 23.1. The summed E-state index contributed by atoms with van der Waals surface area (Å²) in [5.74, 6) is 0.368. The molecule has 0 radical (unpaired) electrons. The predicted molar refractivity (Wildman–Crippen MR) is 184 cm³/mol. The van der Waals surface area contributed by atoms with Crippen molar-refractivity contribution in [2.45, 2.75) is 38.9 Å². The van der Waals surface area contributed by atoms with Crippen molar-refractivity contribution in [1.29, 1.82) is 0 Å². The molecule has 13 nitrogen and oxygen atoms in total. The van der Waals surface area contributed by atoms with Gasteiger partial charge in [0.2, 0.25) is 6.79 Å². The van der Waals surface area contributed by atoms with Crippen LogP contribution in [0.2, 0.25) is 0 Å². The van der Waals surface area contributed by atoms with Crippen molar-refractivity contribution in [2.24, 2.45) is 0 Å². The van der Waals surface area contributed by atoms with E-state index in [1.54, 1.807) is 24.3 Å². The maximum absolute atomic E-state index is 12.3. The summed E-state index contributed by atoms with van der Waals surface area (Å²) in [6.07, 6.45) is 2.50. The van der Waals surface area contributed by atoms with Crippen LogP contribution in [0.25, 0.3) is 0 Å². The molecular weight excluding hydrogens is 652 g/mol. The number of rotatable bonds is 18. The Kier molecular flexibility index (Phi) is 13.9. The molecule has 1 heterocycles. The number of likely N-dealkylation sites (tertiary alicyclic amines) is 1. The van der Waals surface area contributed by atoms with E-state index in [1.807, 2.05) is 49.5 Å². The molecule has 0 aliphatic carbocycles. The number of hydrogen-bond acceptors (Lipinski definition) is 10. The highest BCUT2D eigenvalue weighted by Crippen LogP contribution is 2.25. The van der Waals surface area contributed by atoms with Crippen LogP contribution in [-0.4, -0.2) is 89.1 Å². The van der Waals surface area contributed by atoms with Crippen LogP contribution in [0.3, 0.4) is 0 Å². The minimum atomic E-state index is -0.940. The van der Waals surface area contributed by atoms with Gasteiger partial charge < -0.3 is 23.2 Å². The number of nitrogens with zero attached hydrogens (tertiary/aromatic N) is 4. The Hall–Kier alpha value is -4.53. The number of benzene rings is 3. The number of hydrogen-bond donors (Lipinski definition) is 0. The lowest BCUT2D eigenvalue weighted by Crippen LogP contribution is -2.52. The molecule has 1 aliphatic heterocycles. The minimum Gasteiger partial charge on any atom is -0.428 e. The molecule has 14 heteroatoms. The third-order valence-electron chi connectivity index (χ3n) is 8.73. The minimum absolute atomic E-state index is 0.0234. The van der Waals surface area contributed by atoms with Crippen LogP contribution in [0, 0.1) is 20.2 Å². The van der Waals surface area contributed by atoms with Crippen molar-refractivity contribution in [3.63, 3.8) is 0 Å². The van der Waals surface area contributed by atoms with Crippen LogP contribution in [0.15, 0.2) is 78.9 Å². The first kappa shape index (κ1) is 37.3. The van der Waals surface area contributed by atoms with Gasteiger partial charge in [0.05, 0.1) is 42.3 Å². The van der Waals surface area contributed by atoms with E-state index in [1.165, 1.54) is 30.3 Å². The fourth-order valence-corrected chi connectivity index (χ4v) is 7.06. The summed E-state index contributed by atoms with van der Waals surface area (Å²) < 4.78 is 16.7. The molecule has 0 spiro atoms. The monoisotopic (exact) mass is 696 g/mol. The number of non-ortho nitro benzene ring substituents is 2. The molecule has 3 aromatic rings. The van der Waals surface area contributed by atoms with Gasteiger partial charge in [-0.1, -0.05) is 30.3 Å². The summed E-state index contributed by atoms with van der Waals surface area (Å²) in [6.45, 7) is 4.86. The van der Waals surface area contributed by atoms with Crippen LogP contribution in [0.1, 0.15) is 36.0 Å². The lowest BCUT2D eigenvalue weighted by Gasteiger charge is -2.41. The van der Waals surface area contributed by atoms with E-state index in [2.05, 4.69) is 0 Å². The highest BCUT2D eigenvalue weighted by molar-refractivity contribution is 7.99. The third kappa shape index (κ3) is 12.5. The number of quaternary nitrogens is 2. The SMILES string of the molecule is C[N+](CCOC(=O)OCOC(=O)CSCC[N+]1(Cc2ccc([N+](=O)[O-])cc2)CCCCC1)(Cc1ccccc1)Cc1ccc([N+](=O)[O-])cc1. The van der Waals surface area contributed by atoms with Gasteiger partial charge in [0.15, 0.2) is 0 Å². The second-order valence-electron chi connectivity index (χ2n) is 12.7. The Morgan fingerprint density at radius 2 is 1.35 bits per heavy atom. The quantitative estimate of drug-likeness (QED) is 0.0374. The molecule has 1 unspecified atom stereocenters. The lowest BCUT2D eigenvalue weighted by molar-refractivity contribution is -0.942. The summed E-state index contributed by atoms with van der Waals surface area (Å²) in [4.78, 5) is 45.8. The lowest BCUT2D eigenvalue weighted by atomic mass is 10.1. The van der Waals surface area contributed by atoms with Gasteiger partial charge in [-0.05, 0) is 43.5 Å². The molecule has 0 aromatic heterocycles. The second-order valence-corrected chi connectivity index (χ2v) is 13.8. The number of ether oxygens (including phenoxy) is 3. The van der Waals surface area contributed by atoms with Gasteiger partial charge in [-0.3, -0.25) is 25.0 Å². The average Bonchev–Trinajstić information content (AvgIpc) is 3.08. The zero-order chi connectivity index (χ0) is 35.1. The molecule has 1 aliphatic rings. The Balaban J connectivity index is 1.16. The number of piperidine rings is 1. The molecule has 0 amide bonds. The second kappa shape index (κ2) is 18.3. The molecule has 262 valence electrons. The normalized spacial score (nSPS) is 15.0.